The standard InChI is InChI=1S/C22H27F3N2O2/c1-3-27(4-2)20(19-8-6-5-7-9-19)21(28)26-14-17-10-12-18(13-11-17)15-29-16-22(23,24)25/h5-13,20H,3-4,14-16H2,1-2H3,(H,26,28). The number of nitrogens with one attached hydrogen (secondary N) is 1. The summed E-state index contributed by atoms with van der Waals surface area (Å²) in [7, 11) is 0. The molecule has 4 nitrogen and oxygen atoms in total. The molecule has 7 heteroatoms. The molecule has 0 aliphatic carbocycles. The largest absolute Gasteiger partial charge is 0.411 e. The van der Waals surface area contributed by atoms with E-state index in [1.54, 1.807) is 24.3 Å². The Kier molecular flexibility index (Phi) is 8.67. The van der Waals surface area contributed by atoms with Crippen LogP contribution in [0.15, 0.2) is 54.6 Å². The Bertz CT molecular complexity index is 745. The molecule has 0 aliphatic rings. The monoisotopic (exact) mass is 408 g/mol. The third-order valence-corrected chi connectivity index (χ3v) is 4.57. The highest BCUT2D eigenvalue weighted by molar-refractivity contribution is 5.83. The highest BCUT2D eigenvalue weighted by atomic mass is 19.4. The van der Waals surface area contributed by atoms with Crippen LogP contribution in [0, 0.1) is 0 Å². The molecule has 158 valence electrons. The van der Waals surface area contributed by atoms with Gasteiger partial charge in [0.25, 0.3) is 0 Å². The van der Waals surface area contributed by atoms with Gasteiger partial charge in [-0.15, -0.1) is 0 Å². The van der Waals surface area contributed by atoms with Crippen molar-refractivity contribution in [3.05, 3.63) is 71.3 Å². The summed E-state index contributed by atoms with van der Waals surface area (Å²) in [5.74, 6) is -0.0857. The van der Waals surface area contributed by atoms with Crippen LogP contribution in [0.2, 0.25) is 0 Å². The second-order valence-corrected chi connectivity index (χ2v) is 6.68. The maximum Gasteiger partial charge on any atom is 0.411 e. The molecule has 0 aromatic heterocycles. The molecule has 1 unspecified atom stereocenters. The van der Waals surface area contributed by atoms with Crippen molar-refractivity contribution >= 4 is 5.91 Å². The van der Waals surface area contributed by atoms with Crippen LogP contribution in [-0.4, -0.2) is 36.7 Å². The minimum Gasteiger partial charge on any atom is -0.367 e. The van der Waals surface area contributed by atoms with Crippen LogP contribution >= 0.6 is 0 Å². The van der Waals surface area contributed by atoms with E-state index in [-0.39, 0.29) is 18.6 Å². The van der Waals surface area contributed by atoms with E-state index in [9.17, 15) is 18.0 Å². The average Bonchev–Trinajstić information content (AvgIpc) is 2.71. The third-order valence-electron chi connectivity index (χ3n) is 4.57. The summed E-state index contributed by atoms with van der Waals surface area (Å²) in [6, 6.07) is 16.2. The fourth-order valence-corrected chi connectivity index (χ4v) is 3.08. The lowest BCUT2D eigenvalue weighted by Gasteiger charge is -2.29. The molecule has 2 aromatic rings. The molecule has 29 heavy (non-hydrogen) atoms. The van der Waals surface area contributed by atoms with Crippen LogP contribution in [0.4, 0.5) is 13.2 Å². The number of hydrogen-bond acceptors (Lipinski definition) is 3. The summed E-state index contributed by atoms with van der Waals surface area (Å²) in [4.78, 5) is 15.0. The average molecular weight is 408 g/mol. The van der Waals surface area contributed by atoms with Gasteiger partial charge in [0.2, 0.25) is 5.91 Å². The number of rotatable bonds is 10. The minimum atomic E-state index is -4.33. The lowest BCUT2D eigenvalue weighted by Crippen LogP contribution is -2.40. The van der Waals surface area contributed by atoms with Crippen molar-refractivity contribution in [1.82, 2.24) is 10.2 Å². The number of likely N-dealkylation sites (N-methyl/N-ethyl adjacent to an activating group) is 1. The van der Waals surface area contributed by atoms with Crippen molar-refractivity contribution in [2.24, 2.45) is 0 Å². The van der Waals surface area contributed by atoms with Crippen molar-refractivity contribution in [3.63, 3.8) is 0 Å². The molecule has 1 N–H and O–H groups in total. The SMILES string of the molecule is CCN(CC)C(C(=O)NCc1ccc(COCC(F)(F)F)cc1)c1ccccc1. The zero-order valence-electron chi connectivity index (χ0n) is 16.7. The summed E-state index contributed by atoms with van der Waals surface area (Å²) < 4.78 is 41.0. The van der Waals surface area contributed by atoms with Crippen LogP contribution < -0.4 is 5.32 Å². The van der Waals surface area contributed by atoms with Crippen molar-refractivity contribution in [2.75, 3.05) is 19.7 Å². The van der Waals surface area contributed by atoms with Gasteiger partial charge < -0.3 is 10.1 Å². The van der Waals surface area contributed by atoms with Gasteiger partial charge in [-0.2, -0.15) is 13.2 Å². The van der Waals surface area contributed by atoms with Gasteiger partial charge >= 0.3 is 6.18 Å². The number of halogens is 3. The van der Waals surface area contributed by atoms with E-state index >= 15 is 0 Å². The summed E-state index contributed by atoms with van der Waals surface area (Å²) in [5.41, 5.74) is 2.45. The normalized spacial score (nSPS) is 12.8. The summed E-state index contributed by atoms with van der Waals surface area (Å²) in [6.45, 7) is 4.50. The Balaban J connectivity index is 1.95. The Morgan fingerprint density at radius 1 is 1.00 bits per heavy atom. The first kappa shape index (κ1) is 22.9. The van der Waals surface area contributed by atoms with Crippen molar-refractivity contribution in [3.8, 4) is 0 Å². The number of carbonyl (C=O) groups is 1. The molecule has 0 heterocycles. The zero-order valence-corrected chi connectivity index (χ0v) is 16.7. The topological polar surface area (TPSA) is 41.6 Å². The maximum atomic E-state index is 12.9. The van der Waals surface area contributed by atoms with E-state index < -0.39 is 12.8 Å². The predicted molar refractivity (Wildman–Crippen MR) is 106 cm³/mol. The second-order valence-electron chi connectivity index (χ2n) is 6.68. The number of benzene rings is 2. The van der Waals surface area contributed by atoms with E-state index in [0.29, 0.717) is 12.1 Å². The van der Waals surface area contributed by atoms with E-state index in [2.05, 4.69) is 15.0 Å². The predicted octanol–water partition coefficient (Wildman–Crippen LogP) is 4.46. The molecule has 1 atom stereocenters. The van der Waals surface area contributed by atoms with E-state index in [1.807, 2.05) is 44.2 Å². The van der Waals surface area contributed by atoms with Crippen molar-refractivity contribution in [1.29, 1.82) is 0 Å². The number of nitrogens with zero attached hydrogens (tertiary/aromatic N) is 1. The molecule has 0 bridgehead atoms. The van der Waals surface area contributed by atoms with Gasteiger partial charge in [0, 0.05) is 6.54 Å². The molecular weight excluding hydrogens is 381 g/mol. The van der Waals surface area contributed by atoms with Gasteiger partial charge in [-0.05, 0) is 29.8 Å². The second kappa shape index (κ2) is 11.0. The van der Waals surface area contributed by atoms with Crippen LogP contribution in [0.3, 0.4) is 0 Å². The van der Waals surface area contributed by atoms with Gasteiger partial charge in [-0.1, -0.05) is 68.4 Å². The molecule has 2 aromatic carbocycles. The van der Waals surface area contributed by atoms with E-state index in [1.165, 1.54) is 0 Å². The minimum absolute atomic E-state index is 0.0857. The Labute approximate surface area is 169 Å². The van der Waals surface area contributed by atoms with Crippen LogP contribution in [0.25, 0.3) is 0 Å². The molecule has 1 amide bonds. The first-order valence-electron chi connectivity index (χ1n) is 9.63. The molecule has 0 radical (unpaired) electrons. The molecule has 0 fully saturated rings. The van der Waals surface area contributed by atoms with Crippen molar-refractivity contribution < 1.29 is 22.7 Å². The number of ether oxygens (including phenoxy) is 1. The zero-order chi connectivity index (χ0) is 21.3. The molecule has 0 spiro atoms. The Hall–Kier alpha value is -2.38. The molecule has 2 rings (SSSR count). The van der Waals surface area contributed by atoms with Gasteiger partial charge in [0.1, 0.15) is 12.6 Å². The maximum absolute atomic E-state index is 12.9. The lowest BCUT2D eigenvalue weighted by atomic mass is 10.0. The lowest BCUT2D eigenvalue weighted by molar-refractivity contribution is -0.176. The van der Waals surface area contributed by atoms with Gasteiger partial charge in [0.05, 0.1) is 6.61 Å². The third kappa shape index (κ3) is 7.51. The Morgan fingerprint density at radius 3 is 2.14 bits per heavy atom. The quantitative estimate of drug-likeness (QED) is 0.631. The van der Waals surface area contributed by atoms with E-state index in [0.717, 1.165) is 24.2 Å². The highest BCUT2D eigenvalue weighted by Crippen LogP contribution is 2.21. The van der Waals surface area contributed by atoms with Gasteiger partial charge in [-0.3, -0.25) is 9.69 Å². The summed E-state index contributed by atoms with van der Waals surface area (Å²) in [6.07, 6.45) is -4.33. The fraction of sp³-hybridized carbons (Fsp3) is 0.409. The van der Waals surface area contributed by atoms with Crippen molar-refractivity contribution in [2.45, 2.75) is 39.2 Å². The smallest absolute Gasteiger partial charge is 0.367 e. The number of amides is 1. The van der Waals surface area contributed by atoms with Crippen LogP contribution in [0.5, 0.6) is 0 Å². The number of alkyl halides is 3. The molecule has 0 aliphatic heterocycles. The Morgan fingerprint density at radius 2 is 1.59 bits per heavy atom. The fourth-order valence-electron chi connectivity index (χ4n) is 3.08. The highest BCUT2D eigenvalue weighted by Gasteiger charge is 2.27. The van der Waals surface area contributed by atoms with E-state index in [4.69, 9.17) is 0 Å². The first-order chi connectivity index (χ1) is 13.8. The number of hydrogen-bond donors (Lipinski definition) is 1. The van der Waals surface area contributed by atoms with Gasteiger partial charge in [-0.25, -0.2) is 0 Å². The molecule has 0 saturated carbocycles. The van der Waals surface area contributed by atoms with Crippen LogP contribution in [-0.2, 0) is 22.7 Å². The first-order valence-corrected chi connectivity index (χ1v) is 9.63. The van der Waals surface area contributed by atoms with Crippen LogP contribution in [0.1, 0.15) is 36.6 Å². The molecule has 0 saturated heterocycles. The number of carbonyl (C=O) groups excluding carboxylic acids is 1. The molecular formula is C22H27F3N2O2. The summed E-state index contributed by atoms with van der Waals surface area (Å²) >= 11 is 0. The van der Waals surface area contributed by atoms with Gasteiger partial charge in [0.15, 0.2) is 0 Å². The summed E-state index contributed by atoms with van der Waals surface area (Å²) in [5, 5.41) is 2.97.